The van der Waals surface area contributed by atoms with Crippen LogP contribution >= 0.6 is 0 Å². The Kier molecular flexibility index (Phi) is 7.65. The van der Waals surface area contributed by atoms with E-state index in [2.05, 4.69) is 23.7 Å². The Hall–Kier alpha value is -1.22. The van der Waals surface area contributed by atoms with Crippen molar-refractivity contribution in [2.45, 2.75) is 0 Å². The smallest absolute Gasteiger partial charge is 0.0600 e. The van der Waals surface area contributed by atoms with Crippen LogP contribution in [0, 0.1) is 23.7 Å². The van der Waals surface area contributed by atoms with Gasteiger partial charge in [0.1, 0.15) is 0 Å². The van der Waals surface area contributed by atoms with Gasteiger partial charge < -0.3 is 0 Å². The molecule has 2 nitrogen and oxygen atoms in total. The van der Waals surface area contributed by atoms with Gasteiger partial charge in [0.25, 0.3) is 0 Å². The summed E-state index contributed by atoms with van der Waals surface area (Å²) in [4.78, 5) is 4.05. The highest BCUT2D eigenvalue weighted by molar-refractivity contribution is 5.25. The lowest BCUT2D eigenvalue weighted by molar-refractivity contribution is 0.464. The molecule has 0 aliphatic rings. The second-order valence-corrected chi connectivity index (χ2v) is 3.45. The Balaban J connectivity index is 3.69. The van der Waals surface area contributed by atoms with Crippen molar-refractivity contribution in [2.75, 3.05) is 41.3 Å². The molecule has 0 atom stereocenters. The van der Waals surface area contributed by atoms with E-state index in [-0.39, 0.29) is 0 Å². The van der Waals surface area contributed by atoms with Gasteiger partial charge in [0.2, 0.25) is 0 Å². The standard InChI is InChI=1S/C12H18N2/c1-13(2)11-9-7-5-6-8-10-12-14(3)4/h5-6H,11-12H2,1-4H3. The molecule has 0 aromatic rings. The second-order valence-electron chi connectivity index (χ2n) is 3.45. The van der Waals surface area contributed by atoms with Crippen molar-refractivity contribution in [1.29, 1.82) is 0 Å². The SMILES string of the molecule is CN(C)CC#CC=CC#CCN(C)C. The van der Waals surface area contributed by atoms with Crippen LogP contribution in [0.1, 0.15) is 0 Å². The van der Waals surface area contributed by atoms with Crippen LogP contribution in [-0.2, 0) is 0 Å². The lowest BCUT2D eigenvalue weighted by atomic mass is 10.4. The van der Waals surface area contributed by atoms with Crippen molar-refractivity contribution in [3.63, 3.8) is 0 Å². The van der Waals surface area contributed by atoms with Crippen LogP contribution in [0.3, 0.4) is 0 Å². The van der Waals surface area contributed by atoms with E-state index >= 15 is 0 Å². The zero-order valence-electron chi connectivity index (χ0n) is 9.46. The Morgan fingerprint density at radius 3 is 1.43 bits per heavy atom. The van der Waals surface area contributed by atoms with Crippen molar-refractivity contribution < 1.29 is 0 Å². The fraction of sp³-hybridized carbons (Fsp3) is 0.500. The molecule has 14 heavy (non-hydrogen) atoms. The predicted octanol–water partition coefficient (Wildman–Crippen LogP) is 0.673. The average Bonchev–Trinajstić information content (AvgIpc) is 2.08. The molecule has 2 heteroatoms. The van der Waals surface area contributed by atoms with Crippen LogP contribution in [0.4, 0.5) is 0 Å². The van der Waals surface area contributed by atoms with Crippen LogP contribution in [0.25, 0.3) is 0 Å². The predicted molar refractivity (Wildman–Crippen MR) is 61.8 cm³/mol. The van der Waals surface area contributed by atoms with Crippen molar-refractivity contribution in [3.8, 4) is 23.7 Å². The van der Waals surface area contributed by atoms with Crippen molar-refractivity contribution in [3.05, 3.63) is 12.2 Å². The molecule has 0 amide bonds. The van der Waals surface area contributed by atoms with Crippen LogP contribution in [0.5, 0.6) is 0 Å². The Morgan fingerprint density at radius 2 is 1.14 bits per heavy atom. The molecule has 0 unspecified atom stereocenters. The van der Waals surface area contributed by atoms with E-state index in [1.54, 1.807) is 12.2 Å². The summed E-state index contributed by atoms with van der Waals surface area (Å²) in [6, 6.07) is 0. The van der Waals surface area contributed by atoms with Crippen LogP contribution in [0.15, 0.2) is 12.2 Å². The highest BCUT2D eigenvalue weighted by atomic mass is 15.0. The highest BCUT2D eigenvalue weighted by Crippen LogP contribution is 1.73. The Morgan fingerprint density at radius 1 is 0.786 bits per heavy atom. The first kappa shape index (κ1) is 12.8. The summed E-state index contributed by atoms with van der Waals surface area (Å²) in [5.41, 5.74) is 0. The molecule has 0 bridgehead atoms. The molecule has 0 N–H and O–H groups in total. The summed E-state index contributed by atoms with van der Waals surface area (Å²) in [5, 5.41) is 0. The van der Waals surface area contributed by atoms with Gasteiger partial charge in [-0.3, -0.25) is 9.80 Å². The molecular formula is C12H18N2. The molecule has 76 valence electrons. The molecule has 0 spiro atoms. The topological polar surface area (TPSA) is 6.48 Å². The zero-order chi connectivity index (χ0) is 10.8. The number of hydrogen-bond acceptors (Lipinski definition) is 2. The minimum Gasteiger partial charge on any atom is -0.299 e. The third-order valence-corrected chi connectivity index (χ3v) is 1.24. The second kappa shape index (κ2) is 8.38. The summed E-state index contributed by atoms with van der Waals surface area (Å²) >= 11 is 0. The molecule has 0 radical (unpaired) electrons. The van der Waals surface area contributed by atoms with Gasteiger partial charge in [-0.05, 0) is 40.3 Å². The molecular weight excluding hydrogens is 172 g/mol. The molecule has 0 fully saturated rings. The van der Waals surface area contributed by atoms with Crippen LogP contribution in [-0.4, -0.2) is 51.1 Å². The van der Waals surface area contributed by atoms with Gasteiger partial charge in [-0.25, -0.2) is 0 Å². The van der Waals surface area contributed by atoms with E-state index in [1.807, 2.05) is 38.0 Å². The molecule has 0 saturated heterocycles. The normalized spacial score (nSPS) is 9.86. The Bertz CT molecular complexity index is 249. The van der Waals surface area contributed by atoms with Crippen LogP contribution in [0.2, 0.25) is 0 Å². The highest BCUT2D eigenvalue weighted by Gasteiger charge is 1.79. The lowest BCUT2D eigenvalue weighted by Gasteiger charge is -2.00. The quantitative estimate of drug-likeness (QED) is 0.591. The third kappa shape index (κ3) is 10.8. The van der Waals surface area contributed by atoms with Crippen molar-refractivity contribution in [2.24, 2.45) is 0 Å². The average molecular weight is 190 g/mol. The van der Waals surface area contributed by atoms with E-state index in [1.165, 1.54) is 0 Å². The minimum absolute atomic E-state index is 0.787. The van der Waals surface area contributed by atoms with Gasteiger partial charge in [-0.2, -0.15) is 0 Å². The first-order chi connectivity index (χ1) is 6.63. The first-order valence-corrected chi connectivity index (χ1v) is 4.54. The summed E-state index contributed by atoms with van der Waals surface area (Å²) < 4.78 is 0. The largest absolute Gasteiger partial charge is 0.299 e. The Labute approximate surface area is 87.6 Å². The summed E-state index contributed by atoms with van der Waals surface area (Å²) in [6.45, 7) is 1.57. The zero-order valence-corrected chi connectivity index (χ0v) is 9.46. The number of nitrogens with zero attached hydrogens (tertiary/aromatic N) is 2. The lowest BCUT2D eigenvalue weighted by Crippen LogP contribution is -2.10. The van der Waals surface area contributed by atoms with Gasteiger partial charge >= 0.3 is 0 Å². The van der Waals surface area contributed by atoms with E-state index in [9.17, 15) is 0 Å². The van der Waals surface area contributed by atoms with E-state index in [4.69, 9.17) is 0 Å². The number of allylic oxidation sites excluding steroid dienone is 2. The van der Waals surface area contributed by atoms with Gasteiger partial charge in [-0.1, -0.05) is 23.7 Å². The van der Waals surface area contributed by atoms with Gasteiger partial charge in [-0.15, -0.1) is 0 Å². The maximum absolute atomic E-state index is 3.00. The van der Waals surface area contributed by atoms with Gasteiger partial charge in [0, 0.05) is 0 Å². The van der Waals surface area contributed by atoms with E-state index in [0.717, 1.165) is 13.1 Å². The molecule has 0 aliphatic carbocycles. The summed E-state index contributed by atoms with van der Waals surface area (Å²) in [6.07, 6.45) is 3.57. The van der Waals surface area contributed by atoms with Gasteiger partial charge in [0.15, 0.2) is 0 Å². The van der Waals surface area contributed by atoms with Crippen molar-refractivity contribution >= 4 is 0 Å². The molecule has 0 saturated carbocycles. The number of hydrogen-bond donors (Lipinski definition) is 0. The molecule has 0 rings (SSSR count). The summed E-state index contributed by atoms with van der Waals surface area (Å²) in [7, 11) is 7.98. The van der Waals surface area contributed by atoms with E-state index < -0.39 is 0 Å². The maximum atomic E-state index is 3.00. The fourth-order valence-electron chi connectivity index (χ4n) is 0.609. The minimum atomic E-state index is 0.787. The fourth-order valence-corrected chi connectivity index (χ4v) is 0.609. The third-order valence-electron chi connectivity index (χ3n) is 1.24. The molecule has 0 aromatic heterocycles. The first-order valence-electron chi connectivity index (χ1n) is 4.54. The van der Waals surface area contributed by atoms with E-state index in [0.29, 0.717) is 0 Å². The molecule has 0 heterocycles. The maximum Gasteiger partial charge on any atom is 0.0600 e. The molecule has 0 aromatic carbocycles. The molecule has 0 aliphatic heterocycles. The number of rotatable bonds is 2. The summed E-state index contributed by atoms with van der Waals surface area (Å²) in [5.74, 6) is 11.8. The monoisotopic (exact) mass is 190 g/mol. The van der Waals surface area contributed by atoms with Crippen LogP contribution < -0.4 is 0 Å². The van der Waals surface area contributed by atoms with Crippen molar-refractivity contribution in [1.82, 2.24) is 9.80 Å². The van der Waals surface area contributed by atoms with Gasteiger partial charge in [0.05, 0.1) is 13.1 Å².